The van der Waals surface area contributed by atoms with Gasteiger partial charge in [-0.3, -0.25) is 19.3 Å². The van der Waals surface area contributed by atoms with Crippen molar-refractivity contribution in [3.05, 3.63) is 29.8 Å². The van der Waals surface area contributed by atoms with E-state index in [0.29, 0.717) is 66.9 Å². The monoisotopic (exact) mass is 546 g/mol. The molecule has 5 rings (SSSR count). The Hall–Kier alpha value is -3.25. The molecule has 12 heteroatoms. The summed E-state index contributed by atoms with van der Waals surface area (Å²) in [5.74, 6) is 0.192. The van der Waals surface area contributed by atoms with Gasteiger partial charge in [-0.05, 0) is 45.7 Å². The number of pyridine rings is 1. The third-order valence-electron chi connectivity index (χ3n) is 6.69. The van der Waals surface area contributed by atoms with Crippen LogP contribution in [0.1, 0.15) is 39.3 Å². The van der Waals surface area contributed by atoms with E-state index in [-0.39, 0.29) is 12.6 Å². The number of nitrogens with one attached hydrogen (secondary N) is 2. The van der Waals surface area contributed by atoms with Crippen molar-refractivity contribution in [3.8, 4) is 11.3 Å². The molecule has 2 aliphatic rings. The number of alkyl halides is 2. The zero-order valence-electron chi connectivity index (χ0n) is 23.1. The molecule has 212 valence electrons. The fourth-order valence-electron chi connectivity index (χ4n) is 4.61. The first kappa shape index (κ1) is 28.8. The molecule has 2 aliphatic heterocycles. The molecule has 0 amide bonds. The molecule has 3 aromatic rings. The highest BCUT2D eigenvalue weighted by molar-refractivity contribution is 5.88. The summed E-state index contributed by atoms with van der Waals surface area (Å²) in [7, 11) is 1.71. The number of hydrogen-bond acceptors (Lipinski definition) is 8. The molecule has 0 saturated carbocycles. The van der Waals surface area contributed by atoms with Gasteiger partial charge in [-0.1, -0.05) is 6.92 Å². The second kappa shape index (κ2) is 12.7. The predicted molar refractivity (Wildman–Crippen MR) is 148 cm³/mol. The summed E-state index contributed by atoms with van der Waals surface area (Å²) in [5.41, 5.74) is 3.57. The number of fused-ring (bicyclic) bond motifs is 1. The zero-order valence-corrected chi connectivity index (χ0v) is 23.1. The molecule has 0 bridgehead atoms. The Labute approximate surface area is 226 Å². The van der Waals surface area contributed by atoms with Crippen molar-refractivity contribution < 1.29 is 17.9 Å². The van der Waals surface area contributed by atoms with Gasteiger partial charge in [0.15, 0.2) is 11.6 Å². The molecular formula is C27H37F3N8O. The minimum absolute atomic E-state index is 0.181. The lowest BCUT2D eigenvalue weighted by molar-refractivity contribution is -0.0794. The van der Waals surface area contributed by atoms with Crippen molar-refractivity contribution in [1.82, 2.24) is 24.5 Å². The second-order valence-corrected chi connectivity index (χ2v) is 9.97. The number of hydrogen-bond donors (Lipinski definition) is 2. The number of aliphatic imine (C=N–C) groups is 1. The SMILES string of the molecule is CCCF.CNc1nc(NC2CCN(C3COC3)CC2F)nn2cc(F)c(-c3ccc(N=C(C)C)c(C)n3)c12. The van der Waals surface area contributed by atoms with Crippen LogP contribution in [-0.2, 0) is 4.74 Å². The summed E-state index contributed by atoms with van der Waals surface area (Å²) in [4.78, 5) is 15.7. The quantitative estimate of drug-likeness (QED) is 0.404. The average molecular weight is 547 g/mol. The van der Waals surface area contributed by atoms with Gasteiger partial charge in [-0.2, -0.15) is 4.98 Å². The largest absolute Gasteiger partial charge is 0.378 e. The molecule has 0 radical (unpaired) electrons. The van der Waals surface area contributed by atoms with E-state index in [2.05, 4.69) is 35.6 Å². The highest BCUT2D eigenvalue weighted by Crippen LogP contribution is 2.34. The van der Waals surface area contributed by atoms with Crippen molar-refractivity contribution in [3.63, 3.8) is 0 Å². The fourth-order valence-corrected chi connectivity index (χ4v) is 4.61. The Morgan fingerprint density at radius 3 is 2.54 bits per heavy atom. The van der Waals surface area contributed by atoms with Gasteiger partial charge in [0, 0.05) is 25.8 Å². The van der Waals surface area contributed by atoms with E-state index < -0.39 is 18.0 Å². The number of piperidine rings is 1. The molecule has 9 nitrogen and oxygen atoms in total. The van der Waals surface area contributed by atoms with E-state index >= 15 is 4.39 Å². The maximum atomic E-state index is 15.2. The van der Waals surface area contributed by atoms with Gasteiger partial charge in [-0.25, -0.2) is 13.3 Å². The maximum Gasteiger partial charge on any atom is 0.243 e. The minimum Gasteiger partial charge on any atom is -0.378 e. The van der Waals surface area contributed by atoms with Gasteiger partial charge in [0.1, 0.15) is 11.7 Å². The van der Waals surface area contributed by atoms with Gasteiger partial charge in [0.05, 0.1) is 60.8 Å². The Balaban J connectivity index is 0.000000826. The smallest absolute Gasteiger partial charge is 0.243 e. The molecule has 39 heavy (non-hydrogen) atoms. The number of ether oxygens (including phenoxy) is 1. The summed E-state index contributed by atoms with van der Waals surface area (Å²) in [6, 6.07) is 3.46. The van der Waals surface area contributed by atoms with Gasteiger partial charge >= 0.3 is 0 Å². The first-order valence-electron chi connectivity index (χ1n) is 13.3. The molecule has 2 fully saturated rings. The van der Waals surface area contributed by atoms with Crippen molar-refractivity contribution in [2.45, 2.75) is 58.8 Å². The molecule has 0 aliphatic carbocycles. The molecule has 0 spiro atoms. The highest BCUT2D eigenvalue weighted by Gasteiger charge is 2.35. The van der Waals surface area contributed by atoms with Crippen LogP contribution in [-0.4, -0.2) is 88.5 Å². The molecule has 2 unspecified atom stereocenters. The Morgan fingerprint density at radius 1 is 1.23 bits per heavy atom. The molecule has 5 heterocycles. The fraction of sp³-hybridized carbons (Fsp3) is 0.556. The highest BCUT2D eigenvalue weighted by atomic mass is 19.1. The number of aromatic nitrogens is 4. The minimum atomic E-state index is -1.07. The van der Waals surface area contributed by atoms with Crippen LogP contribution in [0.3, 0.4) is 0 Å². The van der Waals surface area contributed by atoms with Crippen LogP contribution in [0.25, 0.3) is 16.8 Å². The zero-order chi connectivity index (χ0) is 28.1. The van der Waals surface area contributed by atoms with E-state index in [1.54, 1.807) is 20.0 Å². The van der Waals surface area contributed by atoms with E-state index in [9.17, 15) is 8.78 Å². The lowest BCUT2D eigenvalue weighted by Crippen LogP contribution is -2.57. The normalized spacial score (nSPS) is 19.7. The lowest BCUT2D eigenvalue weighted by atomic mass is 10.0. The Morgan fingerprint density at radius 2 is 1.97 bits per heavy atom. The number of halogens is 3. The number of anilines is 2. The molecule has 0 aromatic carbocycles. The third-order valence-corrected chi connectivity index (χ3v) is 6.69. The average Bonchev–Trinajstić information content (AvgIpc) is 3.21. The summed E-state index contributed by atoms with van der Waals surface area (Å²) >= 11 is 0. The summed E-state index contributed by atoms with van der Waals surface area (Å²) in [5, 5.41) is 10.6. The van der Waals surface area contributed by atoms with Crippen molar-refractivity contribution in [2.24, 2.45) is 4.99 Å². The number of likely N-dealkylation sites (tertiary alicyclic amines) is 1. The number of aryl methyl sites for hydroxylation is 1. The number of nitrogens with zero attached hydrogens (tertiary/aromatic N) is 6. The topological polar surface area (TPSA) is 92.0 Å². The van der Waals surface area contributed by atoms with Crippen molar-refractivity contribution >= 4 is 28.7 Å². The second-order valence-electron chi connectivity index (χ2n) is 9.97. The van der Waals surface area contributed by atoms with Crippen LogP contribution < -0.4 is 10.6 Å². The van der Waals surface area contributed by atoms with Crippen LogP contribution in [0.4, 0.5) is 30.6 Å². The van der Waals surface area contributed by atoms with Crippen LogP contribution in [0.15, 0.2) is 23.3 Å². The lowest BCUT2D eigenvalue weighted by Gasteiger charge is -2.42. The van der Waals surface area contributed by atoms with Crippen molar-refractivity contribution in [2.75, 3.05) is 50.7 Å². The Kier molecular flexibility index (Phi) is 9.39. The third kappa shape index (κ3) is 6.50. The molecule has 3 aromatic heterocycles. The standard InChI is InChI=1S/C24H30F2N8O.C3H7F/c1-13(2)28-18-5-6-20(29-14(18)3)21-17(26)10-34-22(21)23(27-4)31-24(32-34)30-19-7-8-33(9-16(19)25)15-11-35-12-15;1-2-3-4/h5-6,10,15-16,19H,7-9,11-12H2,1-4H3,(H2,27,30,31,32);2-3H2,1H3. The molecule has 2 N–H and O–H groups in total. The van der Waals surface area contributed by atoms with Crippen LogP contribution >= 0.6 is 0 Å². The van der Waals surface area contributed by atoms with Gasteiger partial charge in [0.2, 0.25) is 5.95 Å². The molecule has 2 atom stereocenters. The van der Waals surface area contributed by atoms with E-state index in [0.717, 1.165) is 17.9 Å². The Bertz CT molecular complexity index is 1300. The van der Waals surface area contributed by atoms with Crippen LogP contribution in [0, 0.1) is 12.7 Å². The van der Waals surface area contributed by atoms with E-state index in [1.807, 2.05) is 26.8 Å². The summed E-state index contributed by atoms with van der Waals surface area (Å²) < 4.78 is 47.5. The maximum absolute atomic E-state index is 15.2. The van der Waals surface area contributed by atoms with E-state index in [4.69, 9.17) is 4.74 Å². The van der Waals surface area contributed by atoms with Gasteiger partial charge < -0.3 is 15.4 Å². The summed E-state index contributed by atoms with van der Waals surface area (Å²) in [6.07, 6.45) is 1.50. The van der Waals surface area contributed by atoms with Gasteiger partial charge in [0.25, 0.3) is 0 Å². The predicted octanol–water partition coefficient (Wildman–Crippen LogP) is 4.98. The van der Waals surface area contributed by atoms with E-state index in [1.165, 1.54) is 10.7 Å². The number of rotatable bonds is 7. The first-order valence-corrected chi connectivity index (χ1v) is 13.3. The molecular weight excluding hydrogens is 509 g/mol. The molecule has 2 saturated heterocycles. The first-order chi connectivity index (χ1) is 18.7. The van der Waals surface area contributed by atoms with Crippen LogP contribution in [0.5, 0.6) is 0 Å². The van der Waals surface area contributed by atoms with Crippen molar-refractivity contribution in [1.29, 1.82) is 0 Å². The van der Waals surface area contributed by atoms with Gasteiger partial charge in [-0.15, -0.1) is 5.10 Å². The summed E-state index contributed by atoms with van der Waals surface area (Å²) in [6.45, 7) is 9.74. The van der Waals surface area contributed by atoms with Crippen LogP contribution in [0.2, 0.25) is 0 Å².